The number of amides is 1. The van der Waals surface area contributed by atoms with Crippen LogP contribution >= 0.6 is 0 Å². The zero-order valence-corrected chi connectivity index (χ0v) is 13.8. The average molecular weight is 320 g/mol. The topological polar surface area (TPSA) is 97.0 Å². The van der Waals surface area contributed by atoms with Gasteiger partial charge in [0.15, 0.2) is 0 Å². The molecule has 0 aliphatic rings. The second-order valence-corrected chi connectivity index (χ2v) is 5.32. The van der Waals surface area contributed by atoms with Gasteiger partial charge in [-0.3, -0.25) is 14.2 Å². The highest BCUT2D eigenvalue weighted by molar-refractivity contribution is 5.75. The maximum absolute atomic E-state index is 11.6. The van der Waals surface area contributed by atoms with Crippen LogP contribution in [0.1, 0.15) is 23.9 Å². The third kappa shape index (κ3) is 4.32. The summed E-state index contributed by atoms with van der Waals surface area (Å²) in [5, 5.41) is 23.2. The van der Waals surface area contributed by atoms with Crippen LogP contribution in [0.15, 0.2) is 12.4 Å². The number of aryl methyl sites for hydroxylation is 2. The molecule has 3 N–H and O–H groups in total. The van der Waals surface area contributed by atoms with Crippen molar-refractivity contribution in [3.63, 3.8) is 0 Å². The van der Waals surface area contributed by atoms with Gasteiger partial charge >= 0.3 is 0 Å². The van der Waals surface area contributed by atoms with E-state index in [2.05, 4.69) is 34.7 Å². The predicted octanol–water partition coefficient (Wildman–Crippen LogP) is 0.437. The molecule has 2 aromatic rings. The van der Waals surface area contributed by atoms with Gasteiger partial charge in [-0.25, -0.2) is 0 Å². The molecule has 8 nitrogen and oxygen atoms in total. The van der Waals surface area contributed by atoms with E-state index in [1.807, 2.05) is 11.6 Å². The number of aromatic nitrogens is 4. The van der Waals surface area contributed by atoms with Crippen LogP contribution in [0.3, 0.4) is 0 Å². The number of rotatable bonds is 8. The van der Waals surface area contributed by atoms with Crippen LogP contribution in [0, 0.1) is 13.8 Å². The lowest BCUT2D eigenvalue weighted by atomic mass is 10.2. The van der Waals surface area contributed by atoms with Crippen LogP contribution in [0.2, 0.25) is 0 Å². The molecule has 0 radical (unpaired) electrons. The largest absolute Gasteiger partial charge is 0.395 e. The minimum Gasteiger partial charge on any atom is -0.395 e. The van der Waals surface area contributed by atoms with E-state index >= 15 is 0 Å². The highest BCUT2D eigenvalue weighted by Crippen LogP contribution is 2.15. The molecule has 126 valence electrons. The van der Waals surface area contributed by atoms with Crippen molar-refractivity contribution >= 4 is 11.6 Å². The number of aliphatic hydroxyl groups excluding tert-OH is 1. The average Bonchev–Trinajstić information content (AvgIpc) is 3.08. The molecule has 1 amide bonds. The Bertz CT molecular complexity index is 661. The van der Waals surface area contributed by atoms with E-state index in [0.29, 0.717) is 6.54 Å². The zero-order chi connectivity index (χ0) is 16.8. The first-order valence-corrected chi connectivity index (χ1v) is 7.72. The molecular weight excluding hydrogens is 296 g/mol. The Labute approximate surface area is 135 Å². The third-order valence-electron chi connectivity index (χ3n) is 3.67. The fourth-order valence-corrected chi connectivity index (χ4v) is 2.43. The van der Waals surface area contributed by atoms with Crippen LogP contribution in [-0.4, -0.2) is 43.7 Å². The Morgan fingerprint density at radius 1 is 1.39 bits per heavy atom. The molecule has 2 aromatic heterocycles. The number of hydrogen-bond acceptors (Lipinski definition) is 5. The molecular formula is C15H24N6O2. The maximum atomic E-state index is 11.6. The molecule has 0 aliphatic heterocycles. The molecule has 0 aliphatic carbocycles. The van der Waals surface area contributed by atoms with Gasteiger partial charge in [0, 0.05) is 37.1 Å². The standard InChI is InChI=1S/C15H24N6O2/c1-4-21-12(3)14(11(2)19-21)8-17-13-7-18-20(9-13)10-15(23)16-5-6-22/h7,9,17,22H,4-6,8,10H2,1-3H3,(H,16,23). The van der Waals surface area contributed by atoms with Crippen molar-refractivity contribution in [3.05, 3.63) is 29.3 Å². The Kier molecular flexibility index (Phi) is 5.75. The summed E-state index contributed by atoms with van der Waals surface area (Å²) in [7, 11) is 0. The van der Waals surface area contributed by atoms with Gasteiger partial charge in [-0.1, -0.05) is 0 Å². The molecule has 0 saturated carbocycles. The van der Waals surface area contributed by atoms with E-state index in [-0.39, 0.29) is 25.6 Å². The van der Waals surface area contributed by atoms with E-state index in [9.17, 15) is 4.79 Å². The van der Waals surface area contributed by atoms with Gasteiger partial charge in [0.2, 0.25) is 5.91 Å². The minimum atomic E-state index is -0.176. The number of carbonyl (C=O) groups is 1. The van der Waals surface area contributed by atoms with Crippen molar-refractivity contribution < 1.29 is 9.90 Å². The molecule has 0 aromatic carbocycles. The van der Waals surface area contributed by atoms with Crippen molar-refractivity contribution in [3.8, 4) is 0 Å². The van der Waals surface area contributed by atoms with Crippen molar-refractivity contribution in [2.45, 2.75) is 40.4 Å². The van der Waals surface area contributed by atoms with Gasteiger partial charge in [0.1, 0.15) is 6.54 Å². The number of carbonyl (C=O) groups excluding carboxylic acids is 1. The van der Waals surface area contributed by atoms with Crippen molar-refractivity contribution in [1.29, 1.82) is 0 Å². The molecule has 0 fully saturated rings. The predicted molar refractivity (Wildman–Crippen MR) is 87.0 cm³/mol. The van der Waals surface area contributed by atoms with Crippen LogP contribution in [-0.2, 0) is 24.4 Å². The summed E-state index contributed by atoms with van der Waals surface area (Å²) < 4.78 is 3.55. The van der Waals surface area contributed by atoms with Gasteiger partial charge in [-0.05, 0) is 20.8 Å². The summed E-state index contributed by atoms with van der Waals surface area (Å²) in [6.07, 6.45) is 3.47. The summed E-state index contributed by atoms with van der Waals surface area (Å²) in [5.74, 6) is -0.176. The normalized spacial score (nSPS) is 10.8. The quantitative estimate of drug-likeness (QED) is 0.656. The Balaban J connectivity index is 1.92. The molecule has 0 atom stereocenters. The second-order valence-electron chi connectivity index (χ2n) is 5.32. The van der Waals surface area contributed by atoms with Crippen molar-refractivity contribution in [1.82, 2.24) is 24.9 Å². The lowest BCUT2D eigenvalue weighted by molar-refractivity contribution is -0.122. The Hall–Kier alpha value is -2.35. The van der Waals surface area contributed by atoms with E-state index in [0.717, 1.165) is 23.6 Å². The highest BCUT2D eigenvalue weighted by Gasteiger charge is 2.11. The first kappa shape index (κ1) is 17.0. The lowest BCUT2D eigenvalue weighted by Crippen LogP contribution is -2.30. The molecule has 0 saturated heterocycles. The molecule has 0 bridgehead atoms. The third-order valence-corrected chi connectivity index (χ3v) is 3.67. The maximum Gasteiger partial charge on any atom is 0.241 e. The molecule has 8 heteroatoms. The zero-order valence-electron chi connectivity index (χ0n) is 13.8. The van der Waals surface area contributed by atoms with Crippen molar-refractivity contribution in [2.75, 3.05) is 18.5 Å². The number of hydrogen-bond donors (Lipinski definition) is 3. The van der Waals surface area contributed by atoms with E-state index in [4.69, 9.17) is 5.11 Å². The van der Waals surface area contributed by atoms with E-state index < -0.39 is 0 Å². The Morgan fingerprint density at radius 3 is 2.83 bits per heavy atom. The molecule has 2 heterocycles. The first-order valence-electron chi connectivity index (χ1n) is 7.72. The number of nitrogens with zero attached hydrogens (tertiary/aromatic N) is 4. The van der Waals surface area contributed by atoms with Crippen LogP contribution in [0.5, 0.6) is 0 Å². The fraction of sp³-hybridized carbons (Fsp3) is 0.533. The number of aliphatic hydroxyl groups is 1. The molecule has 0 unspecified atom stereocenters. The van der Waals surface area contributed by atoms with Crippen LogP contribution < -0.4 is 10.6 Å². The fourth-order valence-electron chi connectivity index (χ4n) is 2.43. The van der Waals surface area contributed by atoms with Gasteiger partial charge in [0.25, 0.3) is 0 Å². The second kappa shape index (κ2) is 7.77. The SMILES string of the molecule is CCn1nc(C)c(CNc2cnn(CC(=O)NCCO)c2)c1C. The summed E-state index contributed by atoms with van der Waals surface area (Å²) >= 11 is 0. The molecule has 23 heavy (non-hydrogen) atoms. The van der Waals surface area contributed by atoms with Crippen molar-refractivity contribution in [2.24, 2.45) is 0 Å². The summed E-state index contributed by atoms with van der Waals surface area (Å²) in [6.45, 7) is 7.98. The lowest BCUT2D eigenvalue weighted by Gasteiger charge is -2.05. The van der Waals surface area contributed by atoms with Gasteiger partial charge < -0.3 is 15.7 Å². The first-order chi connectivity index (χ1) is 11.0. The Morgan fingerprint density at radius 2 is 2.17 bits per heavy atom. The molecule has 0 spiro atoms. The summed E-state index contributed by atoms with van der Waals surface area (Å²) in [4.78, 5) is 11.6. The minimum absolute atomic E-state index is 0.0677. The van der Waals surface area contributed by atoms with E-state index in [1.165, 1.54) is 5.56 Å². The van der Waals surface area contributed by atoms with Gasteiger partial charge in [0.05, 0.1) is 24.2 Å². The smallest absolute Gasteiger partial charge is 0.241 e. The van der Waals surface area contributed by atoms with E-state index in [1.54, 1.807) is 17.1 Å². The molecule has 2 rings (SSSR count). The summed E-state index contributed by atoms with van der Waals surface area (Å²) in [5.41, 5.74) is 4.21. The van der Waals surface area contributed by atoms with Gasteiger partial charge in [-0.2, -0.15) is 10.2 Å². The monoisotopic (exact) mass is 320 g/mol. The van der Waals surface area contributed by atoms with Crippen LogP contribution in [0.4, 0.5) is 5.69 Å². The van der Waals surface area contributed by atoms with Gasteiger partial charge in [-0.15, -0.1) is 0 Å². The number of anilines is 1. The highest BCUT2D eigenvalue weighted by atomic mass is 16.3. The number of nitrogens with one attached hydrogen (secondary N) is 2. The van der Waals surface area contributed by atoms with Crippen LogP contribution in [0.25, 0.3) is 0 Å². The summed E-state index contributed by atoms with van der Waals surface area (Å²) in [6, 6.07) is 0.